The molecule has 1 aromatic rings. The number of benzene rings is 1. The van der Waals surface area contributed by atoms with Gasteiger partial charge in [-0.25, -0.2) is 0 Å². The molecule has 0 aromatic heterocycles. The highest BCUT2D eigenvalue weighted by atomic mass is 32.1. The maximum absolute atomic E-state index is 11.9. The van der Waals surface area contributed by atoms with Gasteiger partial charge in [0, 0.05) is 12.1 Å². The summed E-state index contributed by atoms with van der Waals surface area (Å²) < 4.78 is 5.60. The van der Waals surface area contributed by atoms with E-state index in [0.29, 0.717) is 29.7 Å². The molecule has 20 heavy (non-hydrogen) atoms. The van der Waals surface area contributed by atoms with Gasteiger partial charge in [-0.15, -0.1) is 0 Å². The first kappa shape index (κ1) is 16.4. The van der Waals surface area contributed by atoms with Crippen molar-refractivity contribution in [3.05, 3.63) is 29.8 Å². The van der Waals surface area contributed by atoms with Gasteiger partial charge in [0.25, 0.3) is 5.91 Å². The average molecular weight is 294 g/mol. The topological polar surface area (TPSA) is 50.4 Å². The molecule has 0 radical (unpaired) electrons. The van der Waals surface area contributed by atoms with Crippen molar-refractivity contribution in [2.45, 2.75) is 27.2 Å². The Balaban J connectivity index is 2.49. The number of carbonyl (C=O) groups is 1. The fraction of sp³-hybridized carbons (Fsp3) is 0.467. The smallest absolute Gasteiger partial charge is 0.257 e. The zero-order chi connectivity index (χ0) is 15.0. The SMILES string of the molecule is CCNC(=S)NC(=O)c1ccc(OCCC(C)C)cc1. The molecule has 0 bridgehead atoms. The molecule has 1 rings (SSSR count). The summed E-state index contributed by atoms with van der Waals surface area (Å²) in [5.41, 5.74) is 0.557. The third-order valence-corrected chi connectivity index (χ3v) is 2.89. The molecular formula is C15H22N2O2S. The molecule has 110 valence electrons. The molecular weight excluding hydrogens is 272 g/mol. The minimum absolute atomic E-state index is 0.218. The molecule has 2 N–H and O–H groups in total. The monoisotopic (exact) mass is 294 g/mol. The molecule has 0 saturated heterocycles. The summed E-state index contributed by atoms with van der Waals surface area (Å²) in [6.45, 7) is 7.60. The predicted octanol–water partition coefficient (Wildman–Crippen LogP) is 2.74. The van der Waals surface area contributed by atoms with E-state index in [1.54, 1.807) is 24.3 Å². The van der Waals surface area contributed by atoms with Crippen LogP contribution in [0.2, 0.25) is 0 Å². The van der Waals surface area contributed by atoms with Crippen LogP contribution in [0.15, 0.2) is 24.3 Å². The van der Waals surface area contributed by atoms with E-state index >= 15 is 0 Å². The first-order valence-electron chi connectivity index (χ1n) is 6.85. The summed E-state index contributed by atoms with van der Waals surface area (Å²) in [5, 5.41) is 5.83. The first-order valence-corrected chi connectivity index (χ1v) is 7.25. The Hall–Kier alpha value is -1.62. The lowest BCUT2D eigenvalue weighted by molar-refractivity contribution is 0.0976. The summed E-state index contributed by atoms with van der Waals surface area (Å²) in [5.74, 6) is 1.17. The molecule has 0 fully saturated rings. The van der Waals surface area contributed by atoms with Crippen LogP contribution in [0.25, 0.3) is 0 Å². The van der Waals surface area contributed by atoms with E-state index in [4.69, 9.17) is 17.0 Å². The van der Waals surface area contributed by atoms with Crippen molar-refractivity contribution in [3.63, 3.8) is 0 Å². The van der Waals surface area contributed by atoms with E-state index in [-0.39, 0.29) is 5.91 Å². The van der Waals surface area contributed by atoms with Crippen molar-refractivity contribution < 1.29 is 9.53 Å². The van der Waals surface area contributed by atoms with Crippen molar-refractivity contribution in [2.75, 3.05) is 13.2 Å². The van der Waals surface area contributed by atoms with Gasteiger partial charge >= 0.3 is 0 Å². The Morgan fingerprint density at radius 1 is 1.30 bits per heavy atom. The van der Waals surface area contributed by atoms with Crippen LogP contribution in [0.1, 0.15) is 37.6 Å². The molecule has 0 atom stereocenters. The molecule has 4 nitrogen and oxygen atoms in total. The van der Waals surface area contributed by atoms with Crippen LogP contribution in [0, 0.1) is 5.92 Å². The summed E-state index contributed by atoms with van der Waals surface area (Å²) in [6.07, 6.45) is 1.01. The normalized spacial score (nSPS) is 10.2. The van der Waals surface area contributed by atoms with Crippen LogP contribution in [-0.4, -0.2) is 24.2 Å². The second-order valence-corrected chi connectivity index (χ2v) is 5.28. The molecule has 0 saturated carbocycles. The number of thiocarbonyl (C=S) groups is 1. The van der Waals surface area contributed by atoms with Crippen molar-refractivity contribution >= 4 is 23.2 Å². The fourth-order valence-corrected chi connectivity index (χ4v) is 1.73. The zero-order valence-electron chi connectivity index (χ0n) is 12.2. The minimum atomic E-state index is -0.218. The number of nitrogens with one attached hydrogen (secondary N) is 2. The lowest BCUT2D eigenvalue weighted by Crippen LogP contribution is -2.38. The largest absolute Gasteiger partial charge is 0.494 e. The summed E-state index contributed by atoms with van der Waals surface area (Å²) in [7, 11) is 0. The van der Waals surface area contributed by atoms with Gasteiger partial charge in [-0.05, 0) is 55.7 Å². The second kappa shape index (κ2) is 8.53. The van der Waals surface area contributed by atoms with E-state index in [0.717, 1.165) is 12.2 Å². The number of carbonyl (C=O) groups excluding carboxylic acids is 1. The van der Waals surface area contributed by atoms with E-state index in [9.17, 15) is 4.79 Å². The third kappa shape index (κ3) is 6.02. The minimum Gasteiger partial charge on any atom is -0.494 e. The van der Waals surface area contributed by atoms with E-state index in [2.05, 4.69) is 24.5 Å². The quantitative estimate of drug-likeness (QED) is 0.792. The maximum atomic E-state index is 11.9. The standard InChI is InChI=1S/C15H22N2O2S/c1-4-16-15(20)17-14(18)12-5-7-13(8-6-12)19-10-9-11(2)3/h5-8,11H,4,9-10H2,1-3H3,(H2,16,17,18,20). The van der Waals surface area contributed by atoms with Gasteiger partial charge in [0.2, 0.25) is 0 Å². The number of hydrogen-bond acceptors (Lipinski definition) is 3. The van der Waals surface area contributed by atoms with Crippen molar-refractivity contribution in [2.24, 2.45) is 5.92 Å². The Kier molecular flexibility index (Phi) is 7.01. The number of hydrogen-bond donors (Lipinski definition) is 2. The number of rotatable bonds is 6. The third-order valence-electron chi connectivity index (χ3n) is 2.64. The van der Waals surface area contributed by atoms with Crippen LogP contribution >= 0.6 is 12.2 Å². The molecule has 0 aliphatic heterocycles. The lowest BCUT2D eigenvalue weighted by atomic mass is 10.1. The average Bonchev–Trinajstić information content (AvgIpc) is 2.39. The molecule has 5 heteroatoms. The molecule has 0 aliphatic carbocycles. The first-order chi connectivity index (χ1) is 9.52. The van der Waals surface area contributed by atoms with Crippen molar-refractivity contribution in [3.8, 4) is 5.75 Å². The van der Waals surface area contributed by atoms with E-state index < -0.39 is 0 Å². The molecule has 0 aliphatic rings. The molecule has 0 spiro atoms. The molecule has 0 unspecified atom stereocenters. The van der Waals surface area contributed by atoms with Crippen molar-refractivity contribution in [1.82, 2.24) is 10.6 Å². The Morgan fingerprint density at radius 3 is 2.50 bits per heavy atom. The zero-order valence-corrected chi connectivity index (χ0v) is 13.0. The number of amides is 1. The second-order valence-electron chi connectivity index (χ2n) is 4.87. The Morgan fingerprint density at radius 2 is 1.95 bits per heavy atom. The Labute approximate surface area is 125 Å². The summed E-state index contributed by atoms with van der Waals surface area (Å²) >= 11 is 4.97. The van der Waals surface area contributed by atoms with Gasteiger partial charge < -0.3 is 10.1 Å². The maximum Gasteiger partial charge on any atom is 0.257 e. The summed E-state index contributed by atoms with van der Waals surface area (Å²) in [4.78, 5) is 11.9. The molecule has 1 aromatic carbocycles. The van der Waals surface area contributed by atoms with Gasteiger partial charge in [-0.2, -0.15) is 0 Å². The number of ether oxygens (including phenoxy) is 1. The predicted molar refractivity (Wildman–Crippen MR) is 85.1 cm³/mol. The molecule has 0 heterocycles. The highest BCUT2D eigenvalue weighted by Crippen LogP contribution is 2.13. The van der Waals surface area contributed by atoms with Gasteiger partial charge in [0.15, 0.2) is 5.11 Å². The highest BCUT2D eigenvalue weighted by molar-refractivity contribution is 7.80. The van der Waals surface area contributed by atoms with Crippen LogP contribution < -0.4 is 15.4 Å². The summed E-state index contributed by atoms with van der Waals surface area (Å²) in [6, 6.07) is 7.06. The van der Waals surface area contributed by atoms with Gasteiger partial charge in [0.1, 0.15) is 5.75 Å². The fourth-order valence-electron chi connectivity index (χ4n) is 1.50. The van der Waals surface area contributed by atoms with E-state index in [1.807, 2.05) is 6.92 Å². The van der Waals surface area contributed by atoms with Crippen LogP contribution in [-0.2, 0) is 0 Å². The van der Waals surface area contributed by atoms with Crippen LogP contribution in [0.3, 0.4) is 0 Å². The van der Waals surface area contributed by atoms with E-state index in [1.165, 1.54) is 0 Å². The van der Waals surface area contributed by atoms with Gasteiger partial charge in [-0.3, -0.25) is 10.1 Å². The van der Waals surface area contributed by atoms with Gasteiger partial charge in [-0.1, -0.05) is 13.8 Å². The van der Waals surface area contributed by atoms with Crippen LogP contribution in [0.4, 0.5) is 0 Å². The van der Waals surface area contributed by atoms with Gasteiger partial charge in [0.05, 0.1) is 6.61 Å². The Bertz CT molecular complexity index is 444. The lowest BCUT2D eigenvalue weighted by Gasteiger charge is -2.09. The van der Waals surface area contributed by atoms with Crippen molar-refractivity contribution in [1.29, 1.82) is 0 Å². The van der Waals surface area contributed by atoms with Crippen LogP contribution in [0.5, 0.6) is 5.75 Å². The highest BCUT2D eigenvalue weighted by Gasteiger charge is 2.07. The molecule has 1 amide bonds.